The van der Waals surface area contributed by atoms with Gasteiger partial charge in [0, 0.05) is 13.1 Å². The maximum absolute atomic E-state index is 12.1. The number of aliphatic carboxylic acids is 1. The number of carbonyl (C=O) groups excluding carboxylic acids is 1. The highest BCUT2D eigenvalue weighted by Crippen LogP contribution is 2.28. The first-order valence-corrected chi connectivity index (χ1v) is 7.68. The number of carbonyl (C=O) groups is 2. The highest BCUT2D eigenvalue weighted by atomic mass is 16.4. The minimum absolute atomic E-state index is 0.286. The highest BCUT2D eigenvalue weighted by Gasteiger charge is 2.36. The zero-order valence-corrected chi connectivity index (χ0v) is 12.9. The van der Waals surface area contributed by atoms with Gasteiger partial charge < -0.3 is 15.3 Å². The van der Waals surface area contributed by atoms with Crippen LogP contribution >= 0.6 is 0 Å². The van der Waals surface area contributed by atoms with Gasteiger partial charge in [0.2, 0.25) is 0 Å². The molecule has 0 aromatic carbocycles. The van der Waals surface area contributed by atoms with Crippen molar-refractivity contribution in [2.24, 2.45) is 5.92 Å². The molecular weight excluding hydrogens is 256 g/mol. The fourth-order valence-corrected chi connectivity index (χ4v) is 2.89. The first-order valence-electron chi connectivity index (χ1n) is 7.68. The van der Waals surface area contributed by atoms with Crippen molar-refractivity contribution in [1.82, 2.24) is 10.2 Å². The molecule has 0 aromatic heterocycles. The summed E-state index contributed by atoms with van der Waals surface area (Å²) in [5.74, 6) is -0.162. The van der Waals surface area contributed by atoms with Crippen LogP contribution in [0.25, 0.3) is 0 Å². The lowest BCUT2D eigenvalue weighted by Gasteiger charge is -2.34. The van der Waals surface area contributed by atoms with E-state index in [1.54, 1.807) is 20.8 Å². The van der Waals surface area contributed by atoms with Crippen LogP contribution in [0.3, 0.4) is 0 Å². The minimum atomic E-state index is -1.18. The number of nitrogens with one attached hydrogen (secondary N) is 1. The van der Waals surface area contributed by atoms with Crippen LogP contribution in [-0.4, -0.2) is 40.6 Å². The first-order chi connectivity index (χ1) is 9.39. The van der Waals surface area contributed by atoms with E-state index in [4.69, 9.17) is 0 Å². The molecule has 1 aliphatic rings. The van der Waals surface area contributed by atoms with E-state index in [2.05, 4.69) is 5.32 Å². The molecule has 0 aliphatic heterocycles. The zero-order chi connectivity index (χ0) is 15.2. The summed E-state index contributed by atoms with van der Waals surface area (Å²) in [6, 6.07) is -0.286. The minimum Gasteiger partial charge on any atom is -0.480 e. The molecule has 2 amide bonds. The number of carboxylic acid groups (broad SMARTS) is 1. The Balaban J connectivity index is 2.34. The topological polar surface area (TPSA) is 69.6 Å². The van der Waals surface area contributed by atoms with E-state index in [1.807, 2.05) is 0 Å². The molecule has 116 valence electrons. The Bertz CT molecular complexity index is 336. The van der Waals surface area contributed by atoms with Gasteiger partial charge in [0.1, 0.15) is 5.54 Å². The summed E-state index contributed by atoms with van der Waals surface area (Å²) >= 11 is 0. The largest absolute Gasteiger partial charge is 0.480 e. The number of hydrogen-bond acceptors (Lipinski definition) is 2. The Labute approximate surface area is 121 Å². The molecule has 1 saturated carbocycles. The van der Waals surface area contributed by atoms with Crippen molar-refractivity contribution in [3.8, 4) is 0 Å². The molecule has 0 unspecified atom stereocenters. The average Bonchev–Trinajstić information content (AvgIpc) is 2.88. The second-order valence-corrected chi connectivity index (χ2v) is 6.13. The van der Waals surface area contributed by atoms with E-state index in [0.29, 0.717) is 13.1 Å². The zero-order valence-electron chi connectivity index (χ0n) is 12.9. The van der Waals surface area contributed by atoms with Gasteiger partial charge in [-0.1, -0.05) is 25.7 Å². The Hall–Kier alpha value is -1.26. The van der Waals surface area contributed by atoms with Gasteiger partial charge in [-0.2, -0.15) is 0 Å². The molecule has 0 aromatic rings. The smallest absolute Gasteiger partial charge is 0.329 e. The molecule has 0 atom stereocenters. The Morgan fingerprint density at radius 3 is 2.40 bits per heavy atom. The quantitative estimate of drug-likeness (QED) is 0.706. The van der Waals surface area contributed by atoms with Crippen molar-refractivity contribution in [1.29, 1.82) is 0 Å². The van der Waals surface area contributed by atoms with Crippen LogP contribution < -0.4 is 5.32 Å². The lowest BCUT2D eigenvalue weighted by atomic mass is 10.0. The van der Waals surface area contributed by atoms with Gasteiger partial charge in [0.15, 0.2) is 0 Å². The number of likely N-dealkylation sites (N-methyl/N-ethyl adjacent to an activating group) is 1. The molecule has 5 nitrogen and oxygen atoms in total. The molecule has 0 saturated heterocycles. The van der Waals surface area contributed by atoms with E-state index < -0.39 is 11.5 Å². The van der Waals surface area contributed by atoms with Crippen LogP contribution in [0.1, 0.15) is 59.3 Å². The normalized spacial score (nSPS) is 16.1. The Morgan fingerprint density at radius 1 is 1.30 bits per heavy atom. The molecule has 0 bridgehead atoms. The summed E-state index contributed by atoms with van der Waals surface area (Å²) in [4.78, 5) is 24.6. The predicted octanol–water partition coefficient (Wildman–Crippen LogP) is 2.85. The van der Waals surface area contributed by atoms with Crippen molar-refractivity contribution in [3.05, 3.63) is 0 Å². The second-order valence-electron chi connectivity index (χ2n) is 6.13. The van der Waals surface area contributed by atoms with E-state index >= 15 is 0 Å². The Morgan fingerprint density at radius 2 is 1.90 bits per heavy atom. The Kier molecular flexibility index (Phi) is 6.30. The molecule has 0 radical (unpaired) electrons. The summed E-state index contributed by atoms with van der Waals surface area (Å²) in [6.45, 7) is 5.91. The summed E-state index contributed by atoms with van der Waals surface area (Å²) < 4.78 is 0. The van der Waals surface area contributed by atoms with Crippen LogP contribution in [0, 0.1) is 5.92 Å². The van der Waals surface area contributed by atoms with Crippen LogP contribution in [0.2, 0.25) is 0 Å². The summed E-state index contributed by atoms with van der Waals surface area (Å²) in [7, 11) is 0. The monoisotopic (exact) mass is 284 g/mol. The van der Waals surface area contributed by atoms with Crippen molar-refractivity contribution in [3.63, 3.8) is 0 Å². The fourth-order valence-electron chi connectivity index (χ4n) is 2.89. The van der Waals surface area contributed by atoms with Crippen LogP contribution in [0.4, 0.5) is 4.79 Å². The van der Waals surface area contributed by atoms with Crippen molar-refractivity contribution in [2.75, 3.05) is 13.1 Å². The SMILES string of the molecule is CCN(C(=O)NCCCC1CCCC1)C(C)(C)C(=O)O. The summed E-state index contributed by atoms with van der Waals surface area (Å²) in [5.41, 5.74) is -1.18. The van der Waals surface area contributed by atoms with Gasteiger partial charge >= 0.3 is 12.0 Å². The molecule has 0 heterocycles. The highest BCUT2D eigenvalue weighted by molar-refractivity contribution is 5.85. The van der Waals surface area contributed by atoms with Crippen LogP contribution in [-0.2, 0) is 4.79 Å². The number of hydrogen-bond donors (Lipinski definition) is 2. The average molecular weight is 284 g/mol. The molecule has 1 rings (SSSR count). The van der Waals surface area contributed by atoms with Crippen molar-refractivity contribution >= 4 is 12.0 Å². The van der Waals surface area contributed by atoms with Gasteiger partial charge in [-0.15, -0.1) is 0 Å². The van der Waals surface area contributed by atoms with Gasteiger partial charge in [-0.05, 0) is 39.5 Å². The maximum atomic E-state index is 12.1. The number of urea groups is 1. The van der Waals surface area contributed by atoms with Gasteiger partial charge in [0.05, 0.1) is 0 Å². The molecule has 5 heteroatoms. The maximum Gasteiger partial charge on any atom is 0.329 e. The van der Waals surface area contributed by atoms with Crippen LogP contribution in [0.15, 0.2) is 0 Å². The van der Waals surface area contributed by atoms with Crippen LogP contribution in [0.5, 0.6) is 0 Å². The fraction of sp³-hybridized carbons (Fsp3) is 0.867. The number of amides is 2. The lowest BCUT2D eigenvalue weighted by Crippen LogP contribution is -2.56. The third kappa shape index (κ3) is 4.39. The number of nitrogens with zero attached hydrogens (tertiary/aromatic N) is 1. The first kappa shape index (κ1) is 16.8. The molecule has 20 heavy (non-hydrogen) atoms. The third-order valence-corrected chi connectivity index (χ3v) is 4.30. The van der Waals surface area contributed by atoms with Gasteiger partial charge in [-0.25, -0.2) is 9.59 Å². The molecule has 0 spiro atoms. The molecule has 2 N–H and O–H groups in total. The summed E-state index contributed by atoms with van der Waals surface area (Å²) in [5, 5.41) is 12.0. The van der Waals surface area contributed by atoms with Crippen molar-refractivity contribution < 1.29 is 14.7 Å². The van der Waals surface area contributed by atoms with Gasteiger partial charge in [0.25, 0.3) is 0 Å². The van der Waals surface area contributed by atoms with E-state index in [9.17, 15) is 14.7 Å². The number of rotatable bonds is 7. The predicted molar refractivity (Wildman–Crippen MR) is 78.7 cm³/mol. The molecule has 1 aliphatic carbocycles. The third-order valence-electron chi connectivity index (χ3n) is 4.30. The summed E-state index contributed by atoms with van der Waals surface area (Å²) in [6.07, 6.45) is 7.46. The second kappa shape index (κ2) is 7.50. The molecular formula is C15H28N2O3. The van der Waals surface area contributed by atoms with Gasteiger partial charge in [-0.3, -0.25) is 0 Å². The van der Waals surface area contributed by atoms with E-state index in [1.165, 1.54) is 30.6 Å². The van der Waals surface area contributed by atoms with E-state index in [-0.39, 0.29) is 6.03 Å². The molecule has 1 fully saturated rings. The van der Waals surface area contributed by atoms with E-state index in [0.717, 1.165) is 18.8 Å². The standard InChI is InChI=1S/C15H28N2O3/c1-4-17(15(2,3)13(18)19)14(20)16-11-7-10-12-8-5-6-9-12/h12H,4-11H2,1-3H3,(H,16,20)(H,18,19). The van der Waals surface area contributed by atoms with Crippen molar-refractivity contribution in [2.45, 2.75) is 64.8 Å². The number of carboxylic acids is 1. The lowest BCUT2D eigenvalue weighted by molar-refractivity contribution is -0.147.